The van der Waals surface area contributed by atoms with Crippen LogP contribution in [0.3, 0.4) is 0 Å². The van der Waals surface area contributed by atoms with Crippen molar-refractivity contribution >= 4 is 33.4 Å². The van der Waals surface area contributed by atoms with E-state index in [1.807, 2.05) is 39.0 Å². The van der Waals surface area contributed by atoms with Gasteiger partial charge in [-0.3, -0.25) is 0 Å². The predicted octanol–water partition coefficient (Wildman–Crippen LogP) is 7.07. The Morgan fingerprint density at radius 3 is 2.55 bits per heavy atom. The number of hydrogen-bond acceptors (Lipinski definition) is 5. The zero-order valence-electron chi connectivity index (χ0n) is 17.2. The molecule has 0 aliphatic rings. The van der Waals surface area contributed by atoms with Gasteiger partial charge in [-0.05, 0) is 66.0 Å². The van der Waals surface area contributed by atoms with Gasteiger partial charge in [-0.25, -0.2) is 4.98 Å². The van der Waals surface area contributed by atoms with Crippen molar-refractivity contribution < 1.29 is 17.9 Å². The van der Waals surface area contributed by atoms with Gasteiger partial charge >= 0.3 is 6.36 Å². The molecule has 31 heavy (non-hydrogen) atoms. The normalized spacial score (nSPS) is 12.4. The summed E-state index contributed by atoms with van der Waals surface area (Å²) in [5.74, 6) is 0.568. The van der Waals surface area contributed by atoms with Crippen LogP contribution in [0.5, 0.6) is 5.75 Å². The molecule has 0 spiro atoms. The number of anilines is 3. The number of rotatable bonds is 7. The second-order valence-corrected chi connectivity index (χ2v) is 7.95. The van der Waals surface area contributed by atoms with Gasteiger partial charge < -0.3 is 15.4 Å². The quantitative estimate of drug-likeness (QED) is 0.367. The smallest absolute Gasteiger partial charge is 0.406 e. The van der Waals surface area contributed by atoms with Gasteiger partial charge in [0, 0.05) is 22.1 Å². The van der Waals surface area contributed by atoms with Crippen LogP contribution >= 0.6 is 15.9 Å². The van der Waals surface area contributed by atoms with Gasteiger partial charge in [-0.15, -0.1) is 13.2 Å². The molecule has 1 atom stereocenters. The van der Waals surface area contributed by atoms with E-state index in [9.17, 15) is 13.2 Å². The number of aromatic nitrogens is 2. The first-order valence-corrected chi connectivity index (χ1v) is 10.5. The average molecular weight is 495 g/mol. The SMILES string of the molecule is CC[C@@H](C)Nc1nc(Nc2ccc(C)cc2Br)cc(-c2cccc(OC(F)(F)F)c2)n1. The highest BCUT2D eigenvalue weighted by atomic mass is 79.9. The minimum atomic E-state index is -4.77. The van der Waals surface area contributed by atoms with Gasteiger partial charge in [0.05, 0.1) is 11.4 Å². The number of hydrogen-bond donors (Lipinski definition) is 2. The summed E-state index contributed by atoms with van der Waals surface area (Å²) in [5, 5.41) is 6.46. The third-order valence-electron chi connectivity index (χ3n) is 4.46. The van der Waals surface area contributed by atoms with Crippen molar-refractivity contribution in [2.24, 2.45) is 0 Å². The first kappa shape index (κ1) is 22.9. The molecular weight excluding hydrogens is 473 g/mol. The molecule has 0 fully saturated rings. The van der Waals surface area contributed by atoms with E-state index in [2.05, 4.69) is 41.3 Å². The lowest BCUT2D eigenvalue weighted by molar-refractivity contribution is -0.274. The van der Waals surface area contributed by atoms with Crippen molar-refractivity contribution in [2.75, 3.05) is 10.6 Å². The van der Waals surface area contributed by atoms with Crippen LogP contribution in [-0.4, -0.2) is 22.4 Å². The van der Waals surface area contributed by atoms with Crippen molar-refractivity contribution in [1.82, 2.24) is 9.97 Å². The zero-order chi connectivity index (χ0) is 22.6. The first-order valence-electron chi connectivity index (χ1n) is 9.68. The van der Waals surface area contributed by atoms with Crippen LogP contribution < -0.4 is 15.4 Å². The highest BCUT2D eigenvalue weighted by molar-refractivity contribution is 9.10. The van der Waals surface area contributed by atoms with Crippen LogP contribution in [0.4, 0.5) is 30.6 Å². The van der Waals surface area contributed by atoms with E-state index >= 15 is 0 Å². The first-order chi connectivity index (χ1) is 14.6. The molecule has 3 rings (SSSR count). The van der Waals surface area contributed by atoms with E-state index in [-0.39, 0.29) is 11.8 Å². The third-order valence-corrected chi connectivity index (χ3v) is 5.12. The monoisotopic (exact) mass is 494 g/mol. The van der Waals surface area contributed by atoms with Crippen LogP contribution in [0, 0.1) is 6.92 Å². The molecule has 0 saturated heterocycles. The Morgan fingerprint density at radius 2 is 1.87 bits per heavy atom. The number of nitrogens with zero attached hydrogens (tertiary/aromatic N) is 2. The molecule has 0 amide bonds. The zero-order valence-corrected chi connectivity index (χ0v) is 18.8. The largest absolute Gasteiger partial charge is 0.573 e. The molecule has 1 aromatic heterocycles. The molecule has 0 unspecified atom stereocenters. The lowest BCUT2D eigenvalue weighted by Crippen LogP contribution is -2.17. The van der Waals surface area contributed by atoms with Crippen molar-refractivity contribution in [3.8, 4) is 17.0 Å². The van der Waals surface area contributed by atoms with Crippen LogP contribution in [0.25, 0.3) is 11.3 Å². The lowest BCUT2D eigenvalue weighted by atomic mass is 10.1. The van der Waals surface area contributed by atoms with E-state index < -0.39 is 6.36 Å². The van der Waals surface area contributed by atoms with Crippen molar-refractivity contribution in [2.45, 2.75) is 39.6 Å². The molecule has 0 aliphatic heterocycles. The topological polar surface area (TPSA) is 59.1 Å². The molecule has 0 aliphatic carbocycles. The minimum absolute atomic E-state index is 0.120. The number of nitrogens with one attached hydrogen (secondary N) is 2. The molecule has 2 N–H and O–H groups in total. The standard InChI is InChI=1S/C22H22BrF3N4O/c1-4-14(3)27-21-29-19(15-6-5-7-16(11-15)31-22(24,25)26)12-20(30-21)28-18-9-8-13(2)10-17(18)23/h5-12,14H,4H2,1-3H3,(H2,27,28,29,30)/t14-/m1/s1. The fourth-order valence-electron chi connectivity index (χ4n) is 2.76. The Hall–Kier alpha value is -2.81. The molecule has 9 heteroatoms. The van der Waals surface area contributed by atoms with E-state index in [4.69, 9.17) is 0 Å². The van der Waals surface area contributed by atoms with Gasteiger partial charge in [0.1, 0.15) is 11.6 Å². The number of aryl methyl sites for hydroxylation is 1. The summed E-state index contributed by atoms with van der Waals surface area (Å²) >= 11 is 3.53. The third kappa shape index (κ3) is 6.58. The number of ether oxygens (including phenoxy) is 1. The molecule has 0 saturated carbocycles. The summed E-state index contributed by atoms with van der Waals surface area (Å²) in [6.45, 7) is 6.01. The Morgan fingerprint density at radius 1 is 1.10 bits per heavy atom. The summed E-state index contributed by atoms with van der Waals surface area (Å²) < 4.78 is 42.8. The second kappa shape index (κ2) is 9.55. The maximum absolute atomic E-state index is 12.6. The summed E-state index contributed by atoms with van der Waals surface area (Å²) in [4.78, 5) is 9.02. The Balaban J connectivity index is 2.00. The van der Waals surface area contributed by atoms with Gasteiger partial charge in [0.2, 0.25) is 5.95 Å². The van der Waals surface area contributed by atoms with Gasteiger partial charge in [0.15, 0.2) is 0 Å². The molecular formula is C22H22BrF3N4O. The van der Waals surface area contributed by atoms with Crippen LogP contribution in [0.1, 0.15) is 25.8 Å². The highest BCUT2D eigenvalue weighted by Crippen LogP contribution is 2.31. The fourth-order valence-corrected chi connectivity index (χ4v) is 3.35. The summed E-state index contributed by atoms with van der Waals surface area (Å²) in [6.07, 6.45) is -3.91. The van der Waals surface area contributed by atoms with Crippen LogP contribution in [0.2, 0.25) is 0 Å². The summed E-state index contributed by atoms with van der Waals surface area (Å²) in [7, 11) is 0. The Bertz CT molecular complexity index is 1060. The molecule has 0 radical (unpaired) electrons. The number of benzene rings is 2. The molecule has 3 aromatic rings. The van der Waals surface area contributed by atoms with Crippen molar-refractivity contribution in [3.05, 3.63) is 58.6 Å². The Labute approximate surface area is 187 Å². The number of alkyl halides is 3. The predicted molar refractivity (Wildman–Crippen MR) is 120 cm³/mol. The molecule has 1 heterocycles. The van der Waals surface area contributed by atoms with E-state index in [0.717, 1.165) is 22.1 Å². The maximum atomic E-state index is 12.6. The molecule has 5 nitrogen and oxygen atoms in total. The highest BCUT2D eigenvalue weighted by Gasteiger charge is 2.31. The lowest BCUT2D eigenvalue weighted by Gasteiger charge is -2.16. The summed E-state index contributed by atoms with van der Waals surface area (Å²) in [6, 6.07) is 13.4. The van der Waals surface area contributed by atoms with Crippen molar-refractivity contribution in [3.63, 3.8) is 0 Å². The fraction of sp³-hybridized carbons (Fsp3) is 0.273. The van der Waals surface area contributed by atoms with Crippen LogP contribution in [-0.2, 0) is 0 Å². The summed E-state index contributed by atoms with van der Waals surface area (Å²) in [5.41, 5.74) is 2.84. The van der Waals surface area contributed by atoms with Gasteiger partial charge in [-0.1, -0.05) is 25.1 Å². The van der Waals surface area contributed by atoms with E-state index in [0.29, 0.717) is 23.0 Å². The Kier molecular flexibility index (Phi) is 7.04. The van der Waals surface area contributed by atoms with Gasteiger partial charge in [0.25, 0.3) is 0 Å². The van der Waals surface area contributed by atoms with E-state index in [1.54, 1.807) is 12.1 Å². The molecule has 2 aromatic carbocycles. The molecule has 164 valence electrons. The van der Waals surface area contributed by atoms with E-state index in [1.165, 1.54) is 18.2 Å². The second-order valence-electron chi connectivity index (χ2n) is 7.10. The maximum Gasteiger partial charge on any atom is 0.573 e. The average Bonchev–Trinajstić information content (AvgIpc) is 2.69. The number of halogens is 4. The molecule has 0 bridgehead atoms. The van der Waals surface area contributed by atoms with Crippen LogP contribution in [0.15, 0.2) is 53.0 Å². The van der Waals surface area contributed by atoms with Crippen molar-refractivity contribution in [1.29, 1.82) is 0 Å². The van der Waals surface area contributed by atoms with Gasteiger partial charge in [-0.2, -0.15) is 4.98 Å². The minimum Gasteiger partial charge on any atom is -0.406 e.